The first-order chi connectivity index (χ1) is 9.48. The van der Waals surface area contributed by atoms with Gasteiger partial charge >= 0.3 is 0 Å². The minimum Gasteiger partial charge on any atom is -0.254 e. The summed E-state index contributed by atoms with van der Waals surface area (Å²) >= 11 is 0. The van der Waals surface area contributed by atoms with E-state index in [0.717, 1.165) is 18.8 Å². The van der Waals surface area contributed by atoms with Crippen molar-refractivity contribution >= 4 is 20.6 Å². The van der Waals surface area contributed by atoms with Crippen LogP contribution in [0.4, 0.5) is 0 Å². The van der Waals surface area contributed by atoms with Crippen LogP contribution >= 0.6 is 0 Å². The molecule has 0 bridgehead atoms. The predicted molar refractivity (Wildman–Crippen MR) is 82.0 cm³/mol. The Hall–Kier alpha value is -0.680. The largest absolute Gasteiger partial charge is 0.254 e. The van der Waals surface area contributed by atoms with Gasteiger partial charge in [-0.15, -0.1) is 0 Å². The van der Waals surface area contributed by atoms with Gasteiger partial charge in [-0.2, -0.15) is 0 Å². The fourth-order valence-electron chi connectivity index (χ4n) is 2.86. The highest BCUT2D eigenvalue weighted by molar-refractivity contribution is 7.92. The molecule has 1 aromatic rings. The maximum atomic E-state index is 12.3. The molecule has 0 aromatic heterocycles. The molecular formula is C15H22O3S2. The molecule has 1 aliphatic carbocycles. The number of hydrogen-bond donors (Lipinski definition) is 0. The zero-order valence-corrected chi connectivity index (χ0v) is 13.5. The van der Waals surface area contributed by atoms with Crippen molar-refractivity contribution < 1.29 is 12.6 Å². The van der Waals surface area contributed by atoms with Crippen LogP contribution in [-0.4, -0.2) is 24.6 Å². The van der Waals surface area contributed by atoms with E-state index in [9.17, 15) is 12.6 Å². The van der Waals surface area contributed by atoms with Crippen LogP contribution < -0.4 is 0 Å². The minimum atomic E-state index is -3.31. The van der Waals surface area contributed by atoms with E-state index in [1.54, 1.807) is 24.3 Å². The van der Waals surface area contributed by atoms with Gasteiger partial charge in [-0.05, 0) is 30.9 Å². The molecule has 1 saturated carbocycles. The van der Waals surface area contributed by atoms with Crippen molar-refractivity contribution in [1.29, 1.82) is 0 Å². The third-order valence-electron chi connectivity index (χ3n) is 3.91. The van der Waals surface area contributed by atoms with Gasteiger partial charge in [-0.1, -0.05) is 37.8 Å². The molecule has 5 heteroatoms. The monoisotopic (exact) mass is 314 g/mol. The van der Waals surface area contributed by atoms with Crippen molar-refractivity contribution in [2.24, 2.45) is 5.92 Å². The Morgan fingerprint density at radius 3 is 2.50 bits per heavy atom. The summed E-state index contributed by atoms with van der Waals surface area (Å²) in [5.74, 6) is 1.35. The van der Waals surface area contributed by atoms with Gasteiger partial charge in [0, 0.05) is 12.0 Å². The van der Waals surface area contributed by atoms with Gasteiger partial charge in [0.1, 0.15) is 0 Å². The van der Waals surface area contributed by atoms with Crippen LogP contribution in [0, 0.1) is 5.92 Å². The van der Waals surface area contributed by atoms with Crippen LogP contribution in [0.3, 0.4) is 0 Å². The van der Waals surface area contributed by atoms with Gasteiger partial charge in [-0.25, -0.2) is 8.42 Å². The molecule has 0 aliphatic heterocycles. The maximum Gasteiger partial charge on any atom is 0.176 e. The molecule has 0 heterocycles. The zero-order valence-electron chi connectivity index (χ0n) is 11.9. The Kier molecular flexibility index (Phi) is 5.38. The van der Waals surface area contributed by atoms with Crippen LogP contribution in [0.2, 0.25) is 0 Å². The lowest BCUT2D eigenvalue weighted by molar-refractivity contribution is 0.497. The van der Waals surface area contributed by atoms with Crippen molar-refractivity contribution in [3.05, 3.63) is 24.3 Å². The Morgan fingerprint density at radius 2 is 1.85 bits per heavy atom. The van der Waals surface area contributed by atoms with Crippen LogP contribution in [-0.2, 0) is 20.6 Å². The lowest BCUT2D eigenvalue weighted by Gasteiger charge is -2.10. The highest BCUT2D eigenvalue weighted by Crippen LogP contribution is 2.29. The second kappa shape index (κ2) is 6.85. The van der Waals surface area contributed by atoms with Crippen LogP contribution in [0.5, 0.6) is 0 Å². The Labute approximate surface area is 124 Å². The van der Waals surface area contributed by atoms with E-state index in [-0.39, 0.29) is 4.90 Å². The van der Waals surface area contributed by atoms with E-state index in [2.05, 4.69) is 0 Å². The summed E-state index contributed by atoms with van der Waals surface area (Å²) in [5, 5.41) is 0. The lowest BCUT2D eigenvalue weighted by Crippen LogP contribution is -2.07. The number of hydrogen-bond acceptors (Lipinski definition) is 3. The van der Waals surface area contributed by atoms with Crippen LogP contribution in [0.15, 0.2) is 34.1 Å². The third-order valence-corrected chi connectivity index (χ3v) is 6.70. The van der Waals surface area contributed by atoms with Gasteiger partial charge < -0.3 is 0 Å². The van der Waals surface area contributed by atoms with E-state index >= 15 is 0 Å². The quantitative estimate of drug-likeness (QED) is 0.810. The van der Waals surface area contributed by atoms with E-state index < -0.39 is 20.6 Å². The molecule has 1 aromatic carbocycles. The maximum absolute atomic E-state index is 12.3. The second-order valence-electron chi connectivity index (χ2n) is 5.56. The Bertz CT molecular complexity index is 573. The van der Waals surface area contributed by atoms with Crippen molar-refractivity contribution in [3.8, 4) is 0 Å². The van der Waals surface area contributed by atoms with Gasteiger partial charge in [0.25, 0.3) is 0 Å². The average Bonchev–Trinajstić information content (AvgIpc) is 2.91. The molecule has 1 fully saturated rings. The third kappa shape index (κ3) is 4.16. The summed E-state index contributed by atoms with van der Waals surface area (Å²) in [5.41, 5.74) is 0. The molecule has 1 unspecified atom stereocenters. The summed E-state index contributed by atoms with van der Waals surface area (Å²) in [6.45, 7) is 0. The highest BCUT2D eigenvalue weighted by atomic mass is 32.2. The van der Waals surface area contributed by atoms with E-state index in [4.69, 9.17) is 0 Å². The Balaban J connectivity index is 1.98. The molecule has 0 spiro atoms. The molecule has 20 heavy (non-hydrogen) atoms. The normalized spacial score (nSPS) is 18.2. The molecule has 1 aliphatic rings. The number of rotatable bonds is 6. The lowest BCUT2D eigenvalue weighted by atomic mass is 10.0. The summed E-state index contributed by atoms with van der Waals surface area (Å²) < 4.78 is 35.7. The fourth-order valence-corrected chi connectivity index (χ4v) is 5.52. The zero-order chi connectivity index (χ0) is 14.6. The van der Waals surface area contributed by atoms with Gasteiger partial charge in [0.05, 0.1) is 20.6 Å². The Morgan fingerprint density at radius 1 is 1.20 bits per heavy atom. The fraction of sp³-hybridized carbons (Fsp3) is 0.600. The van der Waals surface area contributed by atoms with E-state index in [0.29, 0.717) is 10.6 Å². The van der Waals surface area contributed by atoms with Crippen molar-refractivity contribution in [2.45, 2.75) is 48.3 Å². The first kappa shape index (κ1) is 15.7. The standard InChI is InChI=1S/C15H22O3S2/c1-20(17,18)15-11-5-4-10-14(15)19(16)12-6-9-13-7-2-3-8-13/h4-5,10-11,13H,2-3,6-9,12H2,1H3. The van der Waals surface area contributed by atoms with Crippen molar-refractivity contribution in [1.82, 2.24) is 0 Å². The summed E-state index contributed by atoms with van der Waals surface area (Å²) in [7, 11) is -4.53. The average molecular weight is 314 g/mol. The predicted octanol–water partition coefficient (Wildman–Crippen LogP) is 3.17. The first-order valence-electron chi connectivity index (χ1n) is 7.16. The number of sulfone groups is 1. The van der Waals surface area contributed by atoms with Crippen LogP contribution in [0.1, 0.15) is 38.5 Å². The van der Waals surface area contributed by atoms with Gasteiger partial charge in [0.15, 0.2) is 9.84 Å². The topological polar surface area (TPSA) is 51.2 Å². The van der Waals surface area contributed by atoms with Gasteiger partial charge in [-0.3, -0.25) is 4.21 Å². The SMILES string of the molecule is CS(=O)(=O)c1ccccc1S(=O)CCCC1CCCC1. The smallest absolute Gasteiger partial charge is 0.176 e. The molecular weight excluding hydrogens is 292 g/mol. The molecule has 1 atom stereocenters. The van der Waals surface area contributed by atoms with Crippen molar-refractivity contribution in [2.75, 3.05) is 12.0 Å². The minimum absolute atomic E-state index is 0.208. The van der Waals surface area contributed by atoms with Crippen LogP contribution in [0.25, 0.3) is 0 Å². The molecule has 3 nitrogen and oxygen atoms in total. The summed E-state index contributed by atoms with van der Waals surface area (Å²) in [4.78, 5) is 0.667. The molecule has 0 radical (unpaired) electrons. The molecule has 0 saturated heterocycles. The summed E-state index contributed by atoms with van der Waals surface area (Å²) in [6, 6.07) is 6.64. The molecule has 0 N–H and O–H groups in total. The second-order valence-corrected chi connectivity index (χ2v) is 9.08. The van der Waals surface area contributed by atoms with E-state index in [1.165, 1.54) is 31.9 Å². The summed E-state index contributed by atoms with van der Waals surface area (Å²) in [6.07, 6.45) is 8.44. The first-order valence-corrected chi connectivity index (χ1v) is 10.4. The molecule has 0 amide bonds. The van der Waals surface area contributed by atoms with E-state index in [1.807, 2.05) is 0 Å². The van der Waals surface area contributed by atoms with Gasteiger partial charge in [0.2, 0.25) is 0 Å². The van der Waals surface area contributed by atoms with Crippen molar-refractivity contribution in [3.63, 3.8) is 0 Å². The molecule has 2 rings (SSSR count). The number of benzene rings is 1. The highest BCUT2D eigenvalue weighted by Gasteiger charge is 2.18. The molecule has 112 valence electrons.